The van der Waals surface area contributed by atoms with Crippen LogP contribution in [0.4, 0.5) is 0 Å². The predicted molar refractivity (Wildman–Crippen MR) is 64.8 cm³/mol. The van der Waals surface area contributed by atoms with E-state index in [1.807, 2.05) is 50.4 Å². The fraction of sp³-hybridized carbons (Fsp3) is 0.231. The van der Waals surface area contributed by atoms with Crippen LogP contribution in [0.2, 0.25) is 0 Å². The van der Waals surface area contributed by atoms with Crippen molar-refractivity contribution in [2.45, 2.75) is 19.9 Å². The third kappa shape index (κ3) is 2.09. The lowest BCUT2D eigenvalue weighted by atomic mass is 10.1. The van der Waals surface area contributed by atoms with Gasteiger partial charge in [-0.15, -0.1) is 0 Å². The number of aryl methyl sites for hydroxylation is 1. The van der Waals surface area contributed by atoms with E-state index < -0.39 is 0 Å². The van der Waals surface area contributed by atoms with Gasteiger partial charge < -0.3 is 5.73 Å². The summed E-state index contributed by atoms with van der Waals surface area (Å²) in [6.45, 7) is 3.90. The quantitative estimate of drug-likeness (QED) is 0.833. The lowest BCUT2D eigenvalue weighted by molar-refractivity contribution is 0.790. The molecule has 1 heterocycles. The van der Waals surface area contributed by atoms with E-state index in [0.29, 0.717) is 0 Å². The fourth-order valence-electron chi connectivity index (χ4n) is 1.65. The summed E-state index contributed by atoms with van der Waals surface area (Å²) in [6.07, 6.45) is 1.81. The molecule has 0 fully saturated rings. The first-order chi connectivity index (χ1) is 7.68. The normalized spacial score (nSPS) is 12.4. The molecule has 0 saturated heterocycles. The molecule has 3 nitrogen and oxygen atoms in total. The molecule has 1 aromatic carbocycles. The summed E-state index contributed by atoms with van der Waals surface area (Å²) in [4.78, 5) is 8.81. The molecule has 0 saturated carbocycles. The van der Waals surface area contributed by atoms with Gasteiger partial charge in [0.2, 0.25) is 0 Å². The van der Waals surface area contributed by atoms with Crippen LogP contribution < -0.4 is 5.73 Å². The Morgan fingerprint density at radius 3 is 2.44 bits per heavy atom. The van der Waals surface area contributed by atoms with Crippen LogP contribution in [0, 0.1) is 6.92 Å². The molecule has 1 aromatic heterocycles. The summed E-state index contributed by atoms with van der Waals surface area (Å²) in [5.41, 5.74) is 8.80. The van der Waals surface area contributed by atoms with Gasteiger partial charge in [0.15, 0.2) is 5.82 Å². The Hall–Kier alpha value is -1.74. The number of hydrogen-bond acceptors (Lipinski definition) is 3. The average molecular weight is 213 g/mol. The minimum atomic E-state index is -0.0233. The first-order valence-corrected chi connectivity index (χ1v) is 5.33. The highest BCUT2D eigenvalue weighted by Gasteiger charge is 2.07. The van der Waals surface area contributed by atoms with E-state index in [1.165, 1.54) is 0 Å². The Labute approximate surface area is 95.4 Å². The maximum atomic E-state index is 5.82. The number of benzene rings is 1. The van der Waals surface area contributed by atoms with Crippen molar-refractivity contribution in [1.29, 1.82) is 0 Å². The molecule has 0 aliphatic carbocycles. The van der Waals surface area contributed by atoms with Crippen molar-refractivity contribution in [3.63, 3.8) is 0 Å². The summed E-state index contributed by atoms with van der Waals surface area (Å²) in [7, 11) is 0. The van der Waals surface area contributed by atoms with Gasteiger partial charge in [0.25, 0.3) is 0 Å². The van der Waals surface area contributed by atoms with Crippen LogP contribution in [0.5, 0.6) is 0 Å². The Morgan fingerprint density at radius 2 is 1.88 bits per heavy atom. The van der Waals surface area contributed by atoms with Crippen LogP contribution in [0.1, 0.15) is 24.2 Å². The standard InChI is InChI=1S/C13H15N3/c1-9(14)12-8-15-13(16-10(12)2)11-6-4-3-5-7-11/h3-9H,14H2,1-2H3/t9-/m0/s1. The summed E-state index contributed by atoms with van der Waals surface area (Å²) >= 11 is 0. The zero-order chi connectivity index (χ0) is 11.5. The SMILES string of the molecule is Cc1nc(-c2ccccc2)ncc1[C@H](C)N. The van der Waals surface area contributed by atoms with Crippen LogP contribution in [0.25, 0.3) is 11.4 Å². The molecule has 0 bridgehead atoms. The van der Waals surface area contributed by atoms with Gasteiger partial charge in [-0.25, -0.2) is 9.97 Å². The Morgan fingerprint density at radius 1 is 1.19 bits per heavy atom. The molecule has 0 unspecified atom stereocenters. The van der Waals surface area contributed by atoms with E-state index >= 15 is 0 Å². The second-order valence-electron chi connectivity index (χ2n) is 3.89. The van der Waals surface area contributed by atoms with Crippen molar-refractivity contribution in [2.75, 3.05) is 0 Å². The first-order valence-electron chi connectivity index (χ1n) is 5.33. The largest absolute Gasteiger partial charge is 0.324 e. The summed E-state index contributed by atoms with van der Waals surface area (Å²) in [5, 5.41) is 0. The molecular weight excluding hydrogens is 198 g/mol. The van der Waals surface area contributed by atoms with Crippen LogP contribution in [-0.4, -0.2) is 9.97 Å². The maximum Gasteiger partial charge on any atom is 0.159 e. The topological polar surface area (TPSA) is 51.8 Å². The van der Waals surface area contributed by atoms with Gasteiger partial charge >= 0.3 is 0 Å². The van der Waals surface area contributed by atoms with Gasteiger partial charge in [-0.05, 0) is 13.8 Å². The number of aromatic nitrogens is 2. The van der Waals surface area contributed by atoms with E-state index in [4.69, 9.17) is 5.73 Å². The van der Waals surface area contributed by atoms with E-state index in [9.17, 15) is 0 Å². The number of hydrogen-bond donors (Lipinski definition) is 1. The molecule has 2 N–H and O–H groups in total. The molecule has 0 amide bonds. The Bertz CT molecular complexity index is 478. The molecule has 0 radical (unpaired) electrons. The van der Waals surface area contributed by atoms with Gasteiger partial charge in [-0.2, -0.15) is 0 Å². The molecule has 2 rings (SSSR count). The van der Waals surface area contributed by atoms with Gasteiger partial charge in [-0.1, -0.05) is 30.3 Å². The highest BCUT2D eigenvalue weighted by molar-refractivity contribution is 5.54. The second-order valence-corrected chi connectivity index (χ2v) is 3.89. The van der Waals surface area contributed by atoms with Crippen molar-refractivity contribution in [1.82, 2.24) is 9.97 Å². The van der Waals surface area contributed by atoms with Crippen LogP contribution in [-0.2, 0) is 0 Å². The van der Waals surface area contributed by atoms with E-state index in [-0.39, 0.29) is 6.04 Å². The van der Waals surface area contributed by atoms with Crippen molar-refractivity contribution < 1.29 is 0 Å². The Balaban J connectivity index is 2.43. The predicted octanol–water partition coefficient (Wildman–Crippen LogP) is 2.47. The smallest absolute Gasteiger partial charge is 0.159 e. The van der Waals surface area contributed by atoms with E-state index in [1.54, 1.807) is 0 Å². The zero-order valence-corrected chi connectivity index (χ0v) is 9.51. The summed E-state index contributed by atoms with van der Waals surface area (Å²) in [6, 6.07) is 9.92. The third-order valence-corrected chi connectivity index (χ3v) is 2.54. The second kappa shape index (κ2) is 4.41. The monoisotopic (exact) mass is 213 g/mol. The average Bonchev–Trinajstić information content (AvgIpc) is 2.29. The lowest BCUT2D eigenvalue weighted by Gasteiger charge is -2.09. The van der Waals surface area contributed by atoms with Crippen molar-refractivity contribution >= 4 is 0 Å². The highest BCUT2D eigenvalue weighted by atomic mass is 14.9. The molecule has 0 aliphatic rings. The minimum absolute atomic E-state index is 0.0233. The molecule has 16 heavy (non-hydrogen) atoms. The maximum absolute atomic E-state index is 5.82. The first kappa shape index (κ1) is 10.8. The van der Waals surface area contributed by atoms with Crippen LogP contribution in [0.15, 0.2) is 36.5 Å². The molecule has 0 aliphatic heterocycles. The van der Waals surface area contributed by atoms with Crippen LogP contribution in [0.3, 0.4) is 0 Å². The Kier molecular flexibility index (Phi) is 2.97. The van der Waals surface area contributed by atoms with Gasteiger partial charge in [0.1, 0.15) is 0 Å². The molecule has 3 heteroatoms. The molecule has 2 aromatic rings. The number of nitrogens with two attached hydrogens (primary N) is 1. The van der Waals surface area contributed by atoms with Gasteiger partial charge in [0.05, 0.1) is 0 Å². The number of rotatable bonds is 2. The van der Waals surface area contributed by atoms with Gasteiger partial charge in [-0.3, -0.25) is 0 Å². The molecule has 1 atom stereocenters. The van der Waals surface area contributed by atoms with Crippen molar-refractivity contribution in [2.24, 2.45) is 5.73 Å². The van der Waals surface area contributed by atoms with Crippen molar-refractivity contribution in [3.8, 4) is 11.4 Å². The molecule has 82 valence electrons. The fourth-order valence-corrected chi connectivity index (χ4v) is 1.65. The van der Waals surface area contributed by atoms with Crippen molar-refractivity contribution in [3.05, 3.63) is 47.8 Å². The summed E-state index contributed by atoms with van der Waals surface area (Å²) < 4.78 is 0. The third-order valence-electron chi connectivity index (χ3n) is 2.54. The minimum Gasteiger partial charge on any atom is -0.324 e. The summed E-state index contributed by atoms with van der Waals surface area (Å²) in [5.74, 6) is 0.752. The zero-order valence-electron chi connectivity index (χ0n) is 9.51. The van der Waals surface area contributed by atoms with Crippen LogP contribution >= 0.6 is 0 Å². The van der Waals surface area contributed by atoms with E-state index in [0.717, 1.165) is 22.6 Å². The highest BCUT2D eigenvalue weighted by Crippen LogP contribution is 2.18. The van der Waals surface area contributed by atoms with E-state index in [2.05, 4.69) is 9.97 Å². The molecular formula is C13H15N3. The number of nitrogens with zero attached hydrogens (tertiary/aromatic N) is 2. The molecule has 0 spiro atoms. The van der Waals surface area contributed by atoms with Gasteiger partial charge in [0, 0.05) is 29.1 Å². The lowest BCUT2D eigenvalue weighted by Crippen LogP contribution is -2.09.